The summed E-state index contributed by atoms with van der Waals surface area (Å²) < 4.78 is 28.1. The highest BCUT2D eigenvalue weighted by atomic mass is 16.7. The summed E-state index contributed by atoms with van der Waals surface area (Å²) in [5.74, 6) is -0.755. The van der Waals surface area contributed by atoms with E-state index in [4.69, 9.17) is 23.7 Å². The van der Waals surface area contributed by atoms with Crippen LogP contribution in [0.25, 0.3) is 0 Å². The van der Waals surface area contributed by atoms with Crippen LogP contribution in [-0.2, 0) is 38.1 Å². The van der Waals surface area contributed by atoms with Crippen molar-refractivity contribution in [3.63, 3.8) is 0 Å². The number of likely N-dealkylation sites (tertiary alicyclic amines) is 1. The average Bonchev–Trinajstić information content (AvgIpc) is 3.59. The third-order valence-electron chi connectivity index (χ3n) is 10.9. The molecule has 328 valence electrons. The van der Waals surface area contributed by atoms with E-state index in [1.54, 1.807) is 0 Å². The van der Waals surface area contributed by atoms with E-state index in [1.165, 1.54) is 64.2 Å². The van der Waals surface area contributed by atoms with Gasteiger partial charge in [-0.15, -0.1) is 0 Å². The van der Waals surface area contributed by atoms with Gasteiger partial charge in [-0.3, -0.25) is 14.4 Å². The number of likely N-dealkylation sites (N-methyl/N-ethyl adjacent to an activating group) is 1. The summed E-state index contributed by atoms with van der Waals surface area (Å²) in [6, 6.07) is 0. The molecule has 0 N–H and O–H groups in total. The Morgan fingerprint density at radius 1 is 0.536 bits per heavy atom. The van der Waals surface area contributed by atoms with Crippen molar-refractivity contribution in [1.29, 1.82) is 0 Å². The van der Waals surface area contributed by atoms with Crippen molar-refractivity contribution < 1.29 is 42.9 Å². The van der Waals surface area contributed by atoms with Gasteiger partial charge in [-0.2, -0.15) is 0 Å². The molecule has 0 radical (unpaired) electrons. The van der Waals surface area contributed by atoms with E-state index in [0.717, 1.165) is 96.6 Å². The molecule has 0 aliphatic carbocycles. The first kappa shape index (κ1) is 51.7. The van der Waals surface area contributed by atoms with Crippen LogP contribution in [-0.4, -0.2) is 81.1 Å². The Hall–Kier alpha value is -2.36. The Bertz CT molecular complexity index is 946. The van der Waals surface area contributed by atoms with Crippen LogP contribution in [0.3, 0.4) is 0 Å². The van der Waals surface area contributed by atoms with Gasteiger partial charge in [0.15, 0.2) is 0 Å². The highest BCUT2D eigenvalue weighted by Gasteiger charge is 2.25. The van der Waals surface area contributed by atoms with Gasteiger partial charge in [0.2, 0.25) is 0 Å². The van der Waals surface area contributed by atoms with Gasteiger partial charge in [0.1, 0.15) is 12.2 Å². The Labute approximate surface area is 342 Å². The van der Waals surface area contributed by atoms with Gasteiger partial charge in [0.05, 0.1) is 19.8 Å². The Morgan fingerprint density at radius 2 is 0.964 bits per heavy atom. The van der Waals surface area contributed by atoms with E-state index in [-0.39, 0.29) is 55.9 Å². The number of ether oxygens (including phenoxy) is 5. The summed E-state index contributed by atoms with van der Waals surface area (Å²) in [4.78, 5) is 52.1. The van der Waals surface area contributed by atoms with Gasteiger partial charge in [-0.1, -0.05) is 136 Å². The molecule has 0 bridgehead atoms. The third-order valence-corrected chi connectivity index (χ3v) is 10.9. The summed E-state index contributed by atoms with van der Waals surface area (Å²) in [6.45, 7) is 8.95. The monoisotopic (exact) mass is 796 g/mol. The molecular formula is C46H85NO9. The van der Waals surface area contributed by atoms with E-state index in [1.807, 2.05) is 7.05 Å². The lowest BCUT2D eigenvalue weighted by atomic mass is 10.0. The Morgan fingerprint density at radius 3 is 1.46 bits per heavy atom. The number of rotatable bonds is 38. The number of unbranched alkanes of at least 4 members (excludes halogenated alkanes) is 18. The number of hydrogen-bond acceptors (Lipinski definition) is 10. The molecule has 10 nitrogen and oxygen atoms in total. The zero-order valence-electron chi connectivity index (χ0n) is 36.6. The second-order valence-corrected chi connectivity index (χ2v) is 16.4. The predicted octanol–water partition coefficient (Wildman–Crippen LogP) is 11.8. The number of nitrogens with zero attached hydrogens (tertiary/aromatic N) is 1. The maximum atomic E-state index is 12.6. The van der Waals surface area contributed by atoms with Crippen molar-refractivity contribution in [2.75, 3.05) is 40.0 Å². The fourth-order valence-electron chi connectivity index (χ4n) is 7.21. The van der Waals surface area contributed by atoms with Crippen molar-refractivity contribution in [3.8, 4) is 0 Å². The standard InChI is InChI=1S/C46H85NO9/c1-5-8-11-14-15-16-17-18-21-22-29-41(55-46(51)56-42-34-35-47(4)37-42)30-27-36-52-43(48)33-26-25-28-40(38-53-44(49)31-23-19-12-9-6-2)39-54-45(50)32-24-20-13-10-7-3/h40-42H,5-39H2,1-4H3/t41?,42-/m0/s1. The SMILES string of the molecule is CCCCCCCCCCCCC(CCCOC(=O)CCCCC(COC(=O)CCCCCCC)COC(=O)CCCCCCC)OC(=O)O[C@H]1CCN(C)C1. The summed E-state index contributed by atoms with van der Waals surface area (Å²) in [5, 5.41) is 0. The van der Waals surface area contributed by atoms with E-state index >= 15 is 0 Å². The molecule has 1 unspecified atom stereocenters. The van der Waals surface area contributed by atoms with Crippen molar-refractivity contribution in [2.45, 2.75) is 226 Å². The third kappa shape index (κ3) is 31.7. The lowest BCUT2D eigenvalue weighted by molar-refractivity contribution is -0.149. The zero-order valence-corrected chi connectivity index (χ0v) is 36.6. The van der Waals surface area contributed by atoms with Crippen molar-refractivity contribution >= 4 is 24.1 Å². The largest absolute Gasteiger partial charge is 0.508 e. The van der Waals surface area contributed by atoms with Gasteiger partial charge >= 0.3 is 24.1 Å². The topological polar surface area (TPSA) is 118 Å². The molecule has 2 atom stereocenters. The molecule has 1 aliphatic rings. The number of esters is 3. The molecule has 1 fully saturated rings. The normalized spacial score (nSPS) is 14.8. The zero-order chi connectivity index (χ0) is 40.9. The first-order valence-corrected chi connectivity index (χ1v) is 23.3. The lowest BCUT2D eigenvalue weighted by Crippen LogP contribution is -2.26. The van der Waals surface area contributed by atoms with Gasteiger partial charge in [0.25, 0.3) is 0 Å². The fourth-order valence-corrected chi connectivity index (χ4v) is 7.21. The van der Waals surface area contributed by atoms with E-state index in [9.17, 15) is 19.2 Å². The van der Waals surface area contributed by atoms with Gasteiger partial charge in [-0.25, -0.2) is 4.79 Å². The molecule has 0 aromatic rings. The molecule has 10 heteroatoms. The number of carbonyl (C=O) groups excluding carboxylic acids is 4. The van der Waals surface area contributed by atoms with Crippen molar-refractivity contribution in [2.24, 2.45) is 5.92 Å². The summed E-state index contributed by atoms with van der Waals surface area (Å²) in [5.41, 5.74) is 0. The first-order chi connectivity index (χ1) is 27.3. The van der Waals surface area contributed by atoms with Crippen LogP contribution < -0.4 is 0 Å². The molecule has 0 aromatic heterocycles. The Kier molecular flexibility index (Phi) is 34.1. The van der Waals surface area contributed by atoms with Gasteiger partial charge in [-0.05, 0) is 64.8 Å². The summed E-state index contributed by atoms with van der Waals surface area (Å²) >= 11 is 0. The summed E-state index contributed by atoms with van der Waals surface area (Å²) in [7, 11) is 2.02. The van der Waals surface area contributed by atoms with Crippen LogP contribution in [0.1, 0.15) is 213 Å². The minimum atomic E-state index is -0.591. The maximum Gasteiger partial charge on any atom is 0.508 e. The molecular weight excluding hydrogens is 711 g/mol. The first-order valence-electron chi connectivity index (χ1n) is 23.3. The van der Waals surface area contributed by atoms with Crippen LogP contribution in [0.2, 0.25) is 0 Å². The highest BCUT2D eigenvalue weighted by Crippen LogP contribution is 2.19. The summed E-state index contributed by atoms with van der Waals surface area (Å²) in [6.07, 6.45) is 28.2. The van der Waals surface area contributed by atoms with Crippen LogP contribution in [0.15, 0.2) is 0 Å². The minimum absolute atomic E-state index is 0.104. The van der Waals surface area contributed by atoms with Crippen LogP contribution in [0, 0.1) is 5.92 Å². The molecule has 1 aliphatic heterocycles. The maximum absolute atomic E-state index is 12.6. The lowest BCUT2D eigenvalue weighted by Gasteiger charge is -2.19. The minimum Gasteiger partial charge on any atom is -0.466 e. The van der Waals surface area contributed by atoms with Crippen LogP contribution in [0.4, 0.5) is 4.79 Å². The van der Waals surface area contributed by atoms with Crippen LogP contribution >= 0.6 is 0 Å². The van der Waals surface area contributed by atoms with E-state index < -0.39 is 6.16 Å². The van der Waals surface area contributed by atoms with Crippen molar-refractivity contribution in [3.05, 3.63) is 0 Å². The van der Waals surface area contributed by atoms with E-state index in [0.29, 0.717) is 44.9 Å². The van der Waals surface area contributed by atoms with Gasteiger partial charge in [0, 0.05) is 38.3 Å². The Balaban J connectivity index is 2.44. The molecule has 56 heavy (non-hydrogen) atoms. The second-order valence-electron chi connectivity index (χ2n) is 16.4. The van der Waals surface area contributed by atoms with Crippen molar-refractivity contribution in [1.82, 2.24) is 4.90 Å². The molecule has 1 rings (SSSR count). The van der Waals surface area contributed by atoms with Crippen LogP contribution in [0.5, 0.6) is 0 Å². The second kappa shape index (κ2) is 36.9. The quantitative estimate of drug-likeness (QED) is 0.0339. The predicted molar refractivity (Wildman–Crippen MR) is 225 cm³/mol. The highest BCUT2D eigenvalue weighted by molar-refractivity contribution is 5.70. The van der Waals surface area contributed by atoms with E-state index in [2.05, 4.69) is 25.7 Å². The molecule has 0 saturated carbocycles. The molecule has 0 spiro atoms. The molecule has 0 amide bonds. The van der Waals surface area contributed by atoms with Gasteiger partial charge < -0.3 is 28.6 Å². The molecule has 1 saturated heterocycles. The molecule has 1 heterocycles. The number of carbonyl (C=O) groups is 4. The smallest absolute Gasteiger partial charge is 0.466 e. The number of hydrogen-bond donors (Lipinski definition) is 0. The molecule has 0 aromatic carbocycles. The fraction of sp³-hybridized carbons (Fsp3) is 0.913. The average molecular weight is 796 g/mol.